The molecule has 5 heteroatoms. The Morgan fingerprint density at radius 1 is 1.15 bits per heavy atom. The standard InChI is InChI=1S/C15H25N3O2/c1-4-5-6-7-15(20)18-10-8-17(9-11-18)12-14(19)16-13(2)3/h4-7,13H,8-12H2,1-3H3,(H,16,19). The van der Waals surface area contributed by atoms with Gasteiger partial charge in [0.1, 0.15) is 0 Å². The van der Waals surface area contributed by atoms with Crippen molar-refractivity contribution in [2.24, 2.45) is 0 Å². The van der Waals surface area contributed by atoms with E-state index in [9.17, 15) is 9.59 Å². The summed E-state index contributed by atoms with van der Waals surface area (Å²) in [6, 6.07) is 0.169. The molecule has 0 aromatic carbocycles. The van der Waals surface area contributed by atoms with Crippen molar-refractivity contribution in [1.82, 2.24) is 15.1 Å². The molecule has 0 radical (unpaired) electrons. The molecule has 1 aliphatic rings. The highest BCUT2D eigenvalue weighted by molar-refractivity contribution is 5.88. The Kier molecular flexibility index (Phi) is 7.01. The van der Waals surface area contributed by atoms with Crippen LogP contribution in [0.1, 0.15) is 20.8 Å². The van der Waals surface area contributed by atoms with Crippen molar-refractivity contribution in [2.75, 3.05) is 32.7 Å². The van der Waals surface area contributed by atoms with Crippen molar-refractivity contribution in [1.29, 1.82) is 0 Å². The van der Waals surface area contributed by atoms with Crippen LogP contribution in [0.2, 0.25) is 0 Å². The van der Waals surface area contributed by atoms with E-state index in [2.05, 4.69) is 10.2 Å². The number of rotatable bonds is 5. The van der Waals surface area contributed by atoms with Crippen molar-refractivity contribution < 1.29 is 9.59 Å². The number of carbonyl (C=O) groups is 2. The summed E-state index contributed by atoms with van der Waals surface area (Å²) in [5.74, 6) is 0.0853. The molecule has 1 aliphatic heterocycles. The lowest BCUT2D eigenvalue weighted by Crippen LogP contribution is -2.51. The zero-order valence-electron chi connectivity index (χ0n) is 12.6. The molecule has 0 aromatic heterocycles. The van der Waals surface area contributed by atoms with Gasteiger partial charge in [0.05, 0.1) is 6.54 Å². The van der Waals surface area contributed by atoms with E-state index in [4.69, 9.17) is 0 Å². The summed E-state index contributed by atoms with van der Waals surface area (Å²) in [4.78, 5) is 27.4. The third kappa shape index (κ3) is 6.02. The molecule has 112 valence electrons. The van der Waals surface area contributed by atoms with Crippen LogP contribution in [0.4, 0.5) is 0 Å². The highest BCUT2D eigenvalue weighted by atomic mass is 16.2. The molecule has 5 nitrogen and oxygen atoms in total. The molecule has 0 atom stereocenters. The minimum Gasteiger partial charge on any atom is -0.353 e. The van der Waals surface area contributed by atoms with E-state index in [-0.39, 0.29) is 17.9 Å². The Hall–Kier alpha value is -1.62. The minimum atomic E-state index is 0.0365. The second kappa shape index (κ2) is 8.53. The first-order chi connectivity index (χ1) is 9.52. The number of hydrogen-bond acceptors (Lipinski definition) is 3. The fraction of sp³-hybridized carbons (Fsp3) is 0.600. The van der Waals surface area contributed by atoms with E-state index in [1.165, 1.54) is 0 Å². The Morgan fingerprint density at radius 3 is 2.35 bits per heavy atom. The van der Waals surface area contributed by atoms with E-state index < -0.39 is 0 Å². The number of carbonyl (C=O) groups excluding carboxylic acids is 2. The Labute approximate surface area is 121 Å². The highest BCUT2D eigenvalue weighted by Gasteiger charge is 2.21. The smallest absolute Gasteiger partial charge is 0.246 e. The maximum absolute atomic E-state index is 11.9. The van der Waals surface area contributed by atoms with Crippen LogP contribution in [0.5, 0.6) is 0 Å². The number of amides is 2. The minimum absolute atomic E-state index is 0.0365. The van der Waals surface area contributed by atoms with E-state index in [1.54, 1.807) is 12.2 Å². The first-order valence-corrected chi connectivity index (χ1v) is 7.13. The Morgan fingerprint density at radius 2 is 1.80 bits per heavy atom. The van der Waals surface area contributed by atoms with Crippen LogP contribution in [-0.4, -0.2) is 60.4 Å². The van der Waals surface area contributed by atoms with Gasteiger partial charge in [-0.2, -0.15) is 0 Å². The van der Waals surface area contributed by atoms with Gasteiger partial charge >= 0.3 is 0 Å². The quantitative estimate of drug-likeness (QED) is 0.598. The van der Waals surface area contributed by atoms with Crippen molar-refractivity contribution in [3.05, 3.63) is 24.3 Å². The van der Waals surface area contributed by atoms with Crippen LogP contribution in [0.25, 0.3) is 0 Å². The van der Waals surface area contributed by atoms with Gasteiger partial charge in [-0.05, 0) is 20.8 Å². The molecule has 0 spiro atoms. The fourth-order valence-corrected chi connectivity index (χ4v) is 2.05. The monoisotopic (exact) mass is 279 g/mol. The van der Waals surface area contributed by atoms with Gasteiger partial charge in [-0.1, -0.05) is 18.2 Å². The van der Waals surface area contributed by atoms with Crippen LogP contribution >= 0.6 is 0 Å². The molecule has 1 heterocycles. The molecule has 1 saturated heterocycles. The molecule has 0 aliphatic carbocycles. The maximum Gasteiger partial charge on any atom is 0.246 e. The number of piperazine rings is 1. The van der Waals surface area contributed by atoms with E-state index >= 15 is 0 Å². The normalized spacial score (nSPS) is 17.3. The summed E-state index contributed by atoms with van der Waals surface area (Å²) < 4.78 is 0. The number of nitrogens with zero attached hydrogens (tertiary/aromatic N) is 2. The maximum atomic E-state index is 11.9. The van der Waals surface area contributed by atoms with Gasteiger partial charge in [0, 0.05) is 38.3 Å². The van der Waals surface area contributed by atoms with Gasteiger partial charge in [0.25, 0.3) is 0 Å². The average molecular weight is 279 g/mol. The summed E-state index contributed by atoms with van der Waals surface area (Å²) in [5.41, 5.74) is 0. The Balaban J connectivity index is 2.32. The molecule has 0 saturated carbocycles. The van der Waals surface area contributed by atoms with Gasteiger partial charge in [-0.15, -0.1) is 0 Å². The number of nitrogens with one attached hydrogen (secondary N) is 1. The molecule has 1 N–H and O–H groups in total. The predicted molar refractivity (Wildman–Crippen MR) is 80.3 cm³/mol. The molecule has 0 aromatic rings. The zero-order chi connectivity index (χ0) is 15.0. The van der Waals surface area contributed by atoms with E-state index in [0.29, 0.717) is 19.6 Å². The fourth-order valence-electron chi connectivity index (χ4n) is 2.05. The largest absolute Gasteiger partial charge is 0.353 e. The third-order valence-electron chi connectivity index (χ3n) is 3.04. The van der Waals surface area contributed by atoms with Gasteiger partial charge < -0.3 is 10.2 Å². The van der Waals surface area contributed by atoms with Crippen LogP contribution in [0, 0.1) is 0 Å². The topological polar surface area (TPSA) is 52.7 Å². The lowest BCUT2D eigenvalue weighted by Gasteiger charge is -2.33. The summed E-state index contributed by atoms with van der Waals surface area (Å²) >= 11 is 0. The molecule has 0 unspecified atom stereocenters. The van der Waals surface area contributed by atoms with Gasteiger partial charge in [-0.25, -0.2) is 0 Å². The molecule has 0 bridgehead atoms. The third-order valence-corrected chi connectivity index (χ3v) is 3.04. The first-order valence-electron chi connectivity index (χ1n) is 7.13. The highest BCUT2D eigenvalue weighted by Crippen LogP contribution is 2.02. The van der Waals surface area contributed by atoms with Gasteiger partial charge in [0.15, 0.2) is 0 Å². The molecule has 1 fully saturated rings. The van der Waals surface area contributed by atoms with Gasteiger partial charge in [0.2, 0.25) is 11.8 Å². The second-order valence-electron chi connectivity index (χ2n) is 5.21. The van der Waals surface area contributed by atoms with Crippen molar-refractivity contribution >= 4 is 11.8 Å². The summed E-state index contributed by atoms with van der Waals surface area (Å²) in [6.07, 6.45) is 7.06. The van der Waals surface area contributed by atoms with Crippen molar-refractivity contribution in [3.63, 3.8) is 0 Å². The summed E-state index contributed by atoms with van der Waals surface area (Å²) in [6.45, 7) is 9.06. The molecule has 1 rings (SSSR count). The van der Waals surface area contributed by atoms with E-state index in [1.807, 2.05) is 37.8 Å². The summed E-state index contributed by atoms with van der Waals surface area (Å²) in [5, 5.41) is 2.88. The number of allylic oxidation sites excluding steroid dienone is 3. The second-order valence-corrected chi connectivity index (χ2v) is 5.21. The first kappa shape index (κ1) is 16.4. The van der Waals surface area contributed by atoms with E-state index in [0.717, 1.165) is 13.1 Å². The van der Waals surface area contributed by atoms with Crippen molar-refractivity contribution in [3.8, 4) is 0 Å². The SMILES string of the molecule is CC=CC=CC(=O)N1CCN(CC(=O)NC(C)C)CC1. The van der Waals surface area contributed by atoms with Crippen molar-refractivity contribution in [2.45, 2.75) is 26.8 Å². The number of hydrogen-bond donors (Lipinski definition) is 1. The molecule has 2 amide bonds. The lowest BCUT2D eigenvalue weighted by molar-refractivity contribution is -0.128. The Bertz CT molecular complexity index is 381. The molecular formula is C15H25N3O2. The zero-order valence-corrected chi connectivity index (χ0v) is 12.6. The van der Waals surface area contributed by atoms with Crippen LogP contribution in [-0.2, 0) is 9.59 Å². The molecular weight excluding hydrogens is 254 g/mol. The average Bonchev–Trinajstić information content (AvgIpc) is 2.38. The summed E-state index contributed by atoms with van der Waals surface area (Å²) in [7, 11) is 0. The molecule has 20 heavy (non-hydrogen) atoms. The van der Waals surface area contributed by atoms with Gasteiger partial charge in [-0.3, -0.25) is 14.5 Å². The van der Waals surface area contributed by atoms with Crippen LogP contribution in [0.15, 0.2) is 24.3 Å². The van der Waals surface area contributed by atoms with Crippen LogP contribution < -0.4 is 5.32 Å². The van der Waals surface area contributed by atoms with Crippen LogP contribution in [0.3, 0.4) is 0 Å². The predicted octanol–water partition coefficient (Wildman–Crippen LogP) is 0.788. The lowest BCUT2D eigenvalue weighted by atomic mass is 10.3.